The first-order valence-corrected chi connectivity index (χ1v) is 8.63. The van der Waals surface area contributed by atoms with Gasteiger partial charge in [-0.05, 0) is 23.3 Å². The van der Waals surface area contributed by atoms with E-state index in [4.69, 9.17) is 4.74 Å². The molecule has 0 fully saturated rings. The molecule has 5 heteroatoms. The SMILES string of the molecule is O=C([N+]#COc1ccccc1)NNCC(c1ccccc1)c1ccccc1. The molecular weight excluding hydrogens is 338 g/mol. The number of ether oxygens (including phenoxy) is 1. The summed E-state index contributed by atoms with van der Waals surface area (Å²) in [5, 5.41) is 0. The van der Waals surface area contributed by atoms with Gasteiger partial charge in [-0.3, -0.25) is 0 Å². The first-order valence-electron chi connectivity index (χ1n) is 8.63. The fourth-order valence-corrected chi connectivity index (χ4v) is 2.66. The fraction of sp³-hybridized carbons (Fsp3) is 0.0909. The molecular formula is C22H20N3O2+. The van der Waals surface area contributed by atoms with Crippen molar-refractivity contribution in [2.45, 2.75) is 5.92 Å². The second-order valence-electron chi connectivity index (χ2n) is 5.80. The van der Waals surface area contributed by atoms with Gasteiger partial charge in [-0.1, -0.05) is 83.7 Å². The Hall–Kier alpha value is -3.62. The maximum atomic E-state index is 11.8. The summed E-state index contributed by atoms with van der Waals surface area (Å²) in [6.07, 6.45) is 2.28. The van der Waals surface area contributed by atoms with Crippen LogP contribution in [0.4, 0.5) is 4.79 Å². The molecule has 3 aromatic rings. The number of hydrogen-bond donors (Lipinski definition) is 2. The first kappa shape index (κ1) is 18.2. The third-order valence-electron chi connectivity index (χ3n) is 3.96. The lowest BCUT2D eigenvalue weighted by molar-refractivity contribution is 0.250. The predicted octanol–water partition coefficient (Wildman–Crippen LogP) is 4.40. The number of hydrogen-bond acceptors (Lipinski definition) is 3. The van der Waals surface area contributed by atoms with Crippen LogP contribution in [0.25, 0.3) is 4.85 Å². The zero-order chi connectivity index (χ0) is 18.7. The van der Waals surface area contributed by atoms with Crippen LogP contribution in [0.1, 0.15) is 17.0 Å². The van der Waals surface area contributed by atoms with E-state index in [1.807, 2.05) is 54.6 Å². The highest BCUT2D eigenvalue weighted by Gasteiger charge is 2.16. The van der Waals surface area contributed by atoms with Crippen molar-refractivity contribution in [3.63, 3.8) is 0 Å². The van der Waals surface area contributed by atoms with E-state index in [0.29, 0.717) is 12.3 Å². The second kappa shape index (κ2) is 9.76. The summed E-state index contributed by atoms with van der Waals surface area (Å²) < 4.78 is 5.14. The maximum Gasteiger partial charge on any atom is 0.620 e. The molecule has 0 aromatic heterocycles. The molecule has 27 heavy (non-hydrogen) atoms. The standard InChI is InChI=1S/C22H19N3O2/c26-22(23-17-27-20-14-8-3-9-15-20)25-24-16-21(18-10-4-1-5-11-18)19-12-6-2-7-13-19/h1-15,21,24H,16H2/p+1. The van der Waals surface area contributed by atoms with Gasteiger partial charge in [0.2, 0.25) is 0 Å². The normalized spacial score (nSPS) is 9.96. The summed E-state index contributed by atoms with van der Waals surface area (Å²) in [6, 6.07) is 28.7. The molecule has 3 aromatic carbocycles. The van der Waals surface area contributed by atoms with Gasteiger partial charge in [-0.15, -0.1) is 5.43 Å². The van der Waals surface area contributed by atoms with Crippen LogP contribution < -0.4 is 15.6 Å². The Labute approximate surface area is 158 Å². The van der Waals surface area contributed by atoms with Gasteiger partial charge in [0.25, 0.3) is 0 Å². The van der Waals surface area contributed by atoms with Gasteiger partial charge in [0, 0.05) is 12.5 Å². The number of amides is 2. The summed E-state index contributed by atoms with van der Waals surface area (Å²) in [6.45, 7) is 0.523. The molecule has 3 rings (SSSR count). The molecule has 2 amide bonds. The number of para-hydroxylation sites is 1. The number of hydrazine groups is 1. The van der Waals surface area contributed by atoms with Crippen LogP contribution in [-0.2, 0) is 0 Å². The Balaban J connectivity index is 1.56. The predicted molar refractivity (Wildman–Crippen MR) is 106 cm³/mol. The summed E-state index contributed by atoms with van der Waals surface area (Å²) in [5.41, 5.74) is 7.80. The Morgan fingerprint density at radius 1 is 0.852 bits per heavy atom. The van der Waals surface area contributed by atoms with Gasteiger partial charge in [-0.2, -0.15) is 10.2 Å². The molecule has 0 unspecified atom stereocenters. The summed E-state index contributed by atoms with van der Waals surface area (Å²) in [7, 11) is 0. The van der Waals surface area contributed by atoms with Gasteiger partial charge in [0.15, 0.2) is 0 Å². The average molecular weight is 358 g/mol. The lowest BCUT2D eigenvalue weighted by Crippen LogP contribution is -2.38. The van der Waals surface area contributed by atoms with Gasteiger partial charge >= 0.3 is 12.3 Å². The molecule has 5 nitrogen and oxygen atoms in total. The van der Waals surface area contributed by atoms with Gasteiger partial charge in [-0.25, -0.2) is 0 Å². The van der Waals surface area contributed by atoms with Crippen LogP contribution in [-0.4, -0.2) is 12.6 Å². The molecule has 0 aliphatic carbocycles. The quantitative estimate of drug-likeness (QED) is 0.507. The van der Waals surface area contributed by atoms with E-state index < -0.39 is 6.03 Å². The smallest absolute Gasteiger partial charge is 0.371 e. The Bertz CT molecular complexity index is 864. The van der Waals surface area contributed by atoms with Crippen LogP contribution in [0.2, 0.25) is 0 Å². The minimum Gasteiger partial charge on any atom is -0.371 e. The third kappa shape index (κ3) is 5.70. The molecule has 0 aliphatic rings. The van der Waals surface area contributed by atoms with Crippen LogP contribution in [0.15, 0.2) is 91.0 Å². The second-order valence-corrected chi connectivity index (χ2v) is 5.80. The molecule has 0 aliphatic heterocycles. The highest BCUT2D eigenvalue weighted by atomic mass is 16.5. The molecule has 134 valence electrons. The van der Waals surface area contributed by atoms with Crippen LogP contribution >= 0.6 is 0 Å². The lowest BCUT2D eigenvalue weighted by atomic mass is 9.91. The van der Waals surface area contributed by atoms with E-state index in [2.05, 4.69) is 46.2 Å². The molecule has 0 heterocycles. The van der Waals surface area contributed by atoms with E-state index in [1.54, 1.807) is 12.1 Å². The number of rotatable bonds is 6. The molecule has 0 saturated carbocycles. The van der Waals surface area contributed by atoms with Crippen LogP contribution in [0.3, 0.4) is 0 Å². The summed E-state index contributed by atoms with van der Waals surface area (Å²) in [5.74, 6) is 0.663. The van der Waals surface area contributed by atoms with Gasteiger partial charge < -0.3 is 4.74 Å². The average Bonchev–Trinajstić information content (AvgIpc) is 2.73. The Morgan fingerprint density at radius 2 is 1.37 bits per heavy atom. The third-order valence-corrected chi connectivity index (χ3v) is 3.96. The van der Waals surface area contributed by atoms with Crippen molar-refractivity contribution < 1.29 is 9.53 Å². The minimum absolute atomic E-state index is 0.0984. The highest BCUT2D eigenvalue weighted by molar-refractivity contribution is 5.84. The molecule has 0 radical (unpaired) electrons. The minimum atomic E-state index is -0.578. The Kier molecular flexibility index (Phi) is 6.57. The molecule has 2 N–H and O–H groups in total. The van der Waals surface area contributed by atoms with Crippen molar-refractivity contribution in [1.29, 1.82) is 0 Å². The number of nitrogens with zero attached hydrogens (tertiary/aromatic N) is 1. The molecule has 0 spiro atoms. The van der Waals surface area contributed by atoms with Crippen molar-refractivity contribution in [2.24, 2.45) is 0 Å². The summed E-state index contributed by atoms with van der Waals surface area (Å²) in [4.78, 5) is 15.4. The van der Waals surface area contributed by atoms with Crippen molar-refractivity contribution in [2.75, 3.05) is 6.54 Å². The molecule has 0 atom stereocenters. The van der Waals surface area contributed by atoms with Crippen molar-refractivity contribution in [3.8, 4) is 12.0 Å². The molecule has 0 saturated heterocycles. The van der Waals surface area contributed by atoms with E-state index in [1.165, 1.54) is 0 Å². The van der Waals surface area contributed by atoms with Gasteiger partial charge in [0.05, 0.1) is 0 Å². The number of urea groups is 1. The largest absolute Gasteiger partial charge is 0.620 e. The number of nitrogens with one attached hydrogen (secondary N) is 2. The van der Waals surface area contributed by atoms with E-state index in [0.717, 1.165) is 11.1 Å². The van der Waals surface area contributed by atoms with E-state index >= 15 is 0 Å². The van der Waals surface area contributed by atoms with Crippen molar-refractivity contribution >= 4 is 6.03 Å². The van der Waals surface area contributed by atoms with Crippen LogP contribution in [0, 0.1) is 6.26 Å². The Morgan fingerprint density at radius 3 is 1.93 bits per heavy atom. The van der Waals surface area contributed by atoms with Crippen molar-refractivity contribution in [3.05, 3.63) is 107 Å². The number of carbonyl (C=O) groups is 1. The van der Waals surface area contributed by atoms with Crippen LogP contribution in [0.5, 0.6) is 5.75 Å². The summed E-state index contributed by atoms with van der Waals surface area (Å²) >= 11 is 0. The zero-order valence-corrected chi connectivity index (χ0v) is 14.7. The maximum absolute atomic E-state index is 11.8. The highest BCUT2D eigenvalue weighted by Crippen LogP contribution is 2.23. The number of carbonyl (C=O) groups excluding carboxylic acids is 1. The first-order chi connectivity index (χ1) is 13.3. The van der Waals surface area contributed by atoms with E-state index in [-0.39, 0.29) is 5.92 Å². The molecule has 0 bridgehead atoms. The fourth-order valence-electron chi connectivity index (χ4n) is 2.66. The van der Waals surface area contributed by atoms with E-state index in [9.17, 15) is 4.79 Å². The topological polar surface area (TPSA) is 54.7 Å². The monoisotopic (exact) mass is 358 g/mol. The zero-order valence-electron chi connectivity index (χ0n) is 14.7. The lowest BCUT2D eigenvalue weighted by Gasteiger charge is -2.17. The van der Waals surface area contributed by atoms with Crippen molar-refractivity contribution in [1.82, 2.24) is 10.9 Å². The van der Waals surface area contributed by atoms with Gasteiger partial charge in [0.1, 0.15) is 5.75 Å². The number of benzene rings is 3.